The minimum atomic E-state index is -0.288. The van der Waals surface area contributed by atoms with Crippen LogP contribution in [0.15, 0.2) is 121 Å². The molecule has 0 amide bonds. The number of hydrogen-bond donors (Lipinski definition) is 1. The Bertz CT molecular complexity index is 1580. The van der Waals surface area contributed by atoms with E-state index in [4.69, 9.17) is 0 Å². The fourth-order valence-corrected chi connectivity index (χ4v) is 4.60. The average molecular weight is 429 g/mol. The van der Waals surface area contributed by atoms with Gasteiger partial charge in [0.2, 0.25) is 0 Å². The molecule has 0 atom stereocenters. The van der Waals surface area contributed by atoms with E-state index >= 15 is 0 Å². The van der Waals surface area contributed by atoms with E-state index in [1.54, 1.807) is 12.1 Å². The summed E-state index contributed by atoms with van der Waals surface area (Å²) in [4.78, 5) is 0. The summed E-state index contributed by atoms with van der Waals surface area (Å²) in [6.07, 6.45) is 0. The Balaban J connectivity index is 1.75. The Labute approximate surface area is 191 Å². The van der Waals surface area contributed by atoms with Gasteiger partial charge < -0.3 is 0 Å². The Morgan fingerprint density at radius 2 is 1.18 bits per heavy atom. The second-order valence-electron chi connectivity index (χ2n) is 8.06. The predicted molar refractivity (Wildman–Crippen MR) is 136 cm³/mol. The first-order chi connectivity index (χ1) is 16.3. The molecule has 1 heterocycles. The summed E-state index contributed by atoms with van der Waals surface area (Å²) in [5.74, 6) is -0.288. The molecule has 158 valence electrons. The van der Waals surface area contributed by atoms with Crippen LogP contribution >= 0.6 is 0 Å². The molecule has 6 aromatic rings. The van der Waals surface area contributed by atoms with Crippen molar-refractivity contribution in [2.45, 2.75) is 0 Å². The van der Waals surface area contributed by atoms with Gasteiger partial charge in [-0.25, -0.2) is 4.39 Å². The number of fused-ring (bicyclic) bond motifs is 3. The van der Waals surface area contributed by atoms with E-state index in [2.05, 4.69) is 78.2 Å². The molecular formula is C30H21FN2. The third-order valence-electron chi connectivity index (χ3n) is 6.09. The number of aromatic nitrogens is 1. The number of hydrogen-bond acceptors (Lipinski definition) is 1. The number of nitrogens with one attached hydrogen (secondary N) is 1. The first-order valence-electron chi connectivity index (χ1n) is 11.0. The second kappa shape index (κ2) is 7.95. The minimum absolute atomic E-state index is 0.288. The quantitative estimate of drug-likeness (QED) is 0.300. The van der Waals surface area contributed by atoms with Crippen molar-refractivity contribution in [3.8, 4) is 22.3 Å². The minimum Gasteiger partial charge on any atom is -0.291 e. The van der Waals surface area contributed by atoms with Crippen molar-refractivity contribution in [2.24, 2.45) is 0 Å². The van der Waals surface area contributed by atoms with Crippen LogP contribution < -0.4 is 5.43 Å². The number of benzene rings is 5. The van der Waals surface area contributed by atoms with Crippen molar-refractivity contribution in [3.63, 3.8) is 0 Å². The van der Waals surface area contributed by atoms with Gasteiger partial charge >= 0.3 is 0 Å². The highest BCUT2D eigenvalue weighted by Gasteiger charge is 2.19. The molecule has 33 heavy (non-hydrogen) atoms. The largest absolute Gasteiger partial charge is 0.291 e. The van der Waals surface area contributed by atoms with E-state index < -0.39 is 0 Å². The Hall–Kier alpha value is -4.37. The molecule has 0 fully saturated rings. The van der Waals surface area contributed by atoms with Gasteiger partial charge in [-0.15, -0.1) is 0 Å². The van der Waals surface area contributed by atoms with Gasteiger partial charge in [-0.3, -0.25) is 10.1 Å². The molecular weight excluding hydrogens is 407 g/mol. The van der Waals surface area contributed by atoms with E-state index in [0.29, 0.717) is 5.69 Å². The summed E-state index contributed by atoms with van der Waals surface area (Å²) >= 11 is 0. The second-order valence-corrected chi connectivity index (χ2v) is 8.06. The Kier molecular flexibility index (Phi) is 4.66. The summed E-state index contributed by atoms with van der Waals surface area (Å²) in [5, 5.41) is 2.24. The molecule has 0 radical (unpaired) electrons. The molecule has 0 saturated carbocycles. The highest BCUT2D eigenvalue weighted by molar-refractivity contribution is 6.15. The monoisotopic (exact) mass is 428 g/mol. The van der Waals surface area contributed by atoms with Crippen molar-refractivity contribution >= 4 is 27.5 Å². The van der Waals surface area contributed by atoms with Gasteiger partial charge in [0, 0.05) is 16.3 Å². The van der Waals surface area contributed by atoms with Crippen molar-refractivity contribution in [2.75, 3.05) is 5.43 Å². The average Bonchev–Trinajstić information content (AvgIpc) is 3.19. The standard InChI is InChI=1S/C30H21FN2/c31-26-16-8-9-17-27(26)32-33-28-18-10-7-15-24(28)25-20-19-23(21-11-3-1-4-12-21)29(30(25)33)22-13-5-2-6-14-22/h1-20,32H. The van der Waals surface area contributed by atoms with Crippen LogP contribution in [0.1, 0.15) is 0 Å². The smallest absolute Gasteiger partial charge is 0.148 e. The fourth-order valence-electron chi connectivity index (χ4n) is 4.60. The predicted octanol–water partition coefficient (Wildman–Crippen LogP) is 8.14. The lowest BCUT2D eigenvalue weighted by molar-refractivity contribution is 0.629. The zero-order chi connectivity index (χ0) is 22.2. The normalized spacial score (nSPS) is 11.2. The summed E-state index contributed by atoms with van der Waals surface area (Å²) in [6.45, 7) is 0. The van der Waals surface area contributed by atoms with Gasteiger partial charge in [-0.05, 0) is 34.9 Å². The lowest BCUT2D eigenvalue weighted by Gasteiger charge is -2.17. The zero-order valence-corrected chi connectivity index (χ0v) is 17.9. The third kappa shape index (κ3) is 3.26. The van der Waals surface area contributed by atoms with Crippen LogP contribution in [0.4, 0.5) is 10.1 Å². The van der Waals surface area contributed by atoms with Crippen molar-refractivity contribution in [1.29, 1.82) is 0 Å². The van der Waals surface area contributed by atoms with E-state index in [1.165, 1.54) is 6.07 Å². The van der Waals surface area contributed by atoms with Gasteiger partial charge in [0.25, 0.3) is 0 Å². The lowest BCUT2D eigenvalue weighted by Crippen LogP contribution is -2.10. The third-order valence-corrected chi connectivity index (χ3v) is 6.09. The number of anilines is 1. The SMILES string of the molecule is Fc1ccccc1Nn1c2ccccc2c2ccc(-c3ccccc3)c(-c3ccccc3)c21. The number of halogens is 1. The molecule has 1 N–H and O–H groups in total. The molecule has 1 aromatic heterocycles. The highest BCUT2D eigenvalue weighted by atomic mass is 19.1. The number of para-hydroxylation sites is 2. The molecule has 6 rings (SSSR count). The molecule has 0 spiro atoms. The van der Waals surface area contributed by atoms with E-state index in [-0.39, 0.29) is 5.82 Å². The van der Waals surface area contributed by atoms with Gasteiger partial charge in [-0.1, -0.05) is 103 Å². The molecule has 3 heteroatoms. The maximum atomic E-state index is 14.7. The van der Waals surface area contributed by atoms with Crippen LogP contribution in [-0.2, 0) is 0 Å². The van der Waals surface area contributed by atoms with Crippen LogP contribution in [0, 0.1) is 5.82 Å². The zero-order valence-electron chi connectivity index (χ0n) is 17.9. The molecule has 2 nitrogen and oxygen atoms in total. The topological polar surface area (TPSA) is 17.0 Å². The van der Waals surface area contributed by atoms with Crippen LogP contribution in [0.3, 0.4) is 0 Å². The van der Waals surface area contributed by atoms with E-state index in [1.807, 2.05) is 35.0 Å². The first-order valence-corrected chi connectivity index (χ1v) is 11.0. The summed E-state index contributed by atoms with van der Waals surface area (Å²) < 4.78 is 16.7. The van der Waals surface area contributed by atoms with Gasteiger partial charge in [0.05, 0.1) is 16.7 Å². The number of rotatable bonds is 4. The van der Waals surface area contributed by atoms with E-state index in [0.717, 1.165) is 44.1 Å². The van der Waals surface area contributed by atoms with Crippen molar-refractivity contribution < 1.29 is 4.39 Å². The van der Waals surface area contributed by atoms with E-state index in [9.17, 15) is 4.39 Å². The molecule has 0 aliphatic heterocycles. The lowest BCUT2D eigenvalue weighted by atomic mass is 9.92. The van der Waals surface area contributed by atoms with Crippen LogP contribution in [0.2, 0.25) is 0 Å². The molecule has 0 bridgehead atoms. The molecule has 0 aliphatic rings. The maximum absolute atomic E-state index is 14.7. The molecule has 0 unspecified atom stereocenters. The van der Waals surface area contributed by atoms with Gasteiger partial charge in [0.1, 0.15) is 5.82 Å². The maximum Gasteiger partial charge on any atom is 0.148 e. The van der Waals surface area contributed by atoms with Gasteiger partial charge in [-0.2, -0.15) is 0 Å². The molecule has 5 aromatic carbocycles. The number of nitrogens with zero attached hydrogens (tertiary/aromatic N) is 1. The van der Waals surface area contributed by atoms with Crippen molar-refractivity contribution in [3.05, 3.63) is 127 Å². The first kappa shape index (κ1) is 19.3. The highest BCUT2D eigenvalue weighted by Crippen LogP contribution is 2.42. The summed E-state index contributed by atoms with van der Waals surface area (Å²) in [7, 11) is 0. The van der Waals surface area contributed by atoms with Crippen LogP contribution in [0.5, 0.6) is 0 Å². The van der Waals surface area contributed by atoms with Crippen LogP contribution in [-0.4, -0.2) is 4.68 Å². The Morgan fingerprint density at radius 3 is 1.94 bits per heavy atom. The van der Waals surface area contributed by atoms with Gasteiger partial charge in [0.15, 0.2) is 0 Å². The molecule has 0 aliphatic carbocycles. The van der Waals surface area contributed by atoms with Crippen molar-refractivity contribution in [1.82, 2.24) is 4.68 Å². The summed E-state index contributed by atoms with van der Waals surface area (Å²) in [5.41, 5.74) is 10.3. The molecule has 0 saturated heterocycles. The fraction of sp³-hybridized carbons (Fsp3) is 0. The summed E-state index contributed by atoms with van der Waals surface area (Å²) in [6, 6.07) is 40.2. The van der Waals surface area contributed by atoms with Crippen LogP contribution in [0.25, 0.3) is 44.1 Å². The Morgan fingerprint density at radius 1 is 0.545 bits per heavy atom.